The average molecular weight is 210 g/mol. The van der Waals surface area contributed by atoms with Gasteiger partial charge in [0.2, 0.25) is 0 Å². The lowest BCUT2D eigenvalue weighted by Crippen LogP contribution is -2.41. The quantitative estimate of drug-likeness (QED) is 0.763. The zero-order valence-corrected chi connectivity index (χ0v) is 9.45. The number of nitrogens with one attached hydrogen (secondary N) is 1. The standard InChI is InChI=1S/C10H18N4O/c1-7-10(2,4-5-15-7)12-9-8(11)6-14(3)13-9/h6-7H,4-5,11H2,1-3H3,(H,12,13). The molecule has 2 unspecified atom stereocenters. The largest absolute Gasteiger partial charge is 0.394 e. The Balaban J connectivity index is 2.17. The van der Waals surface area contributed by atoms with Crippen LogP contribution >= 0.6 is 0 Å². The highest BCUT2D eigenvalue weighted by atomic mass is 16.5. The molecule has 84 valence electrons. The molecule has 0 bridgehead atoms. The average Bonchev–Trinajstić information content (AvgIpc) is 2.60. The van der Waals surface area contributed by atoms with E-state index in [4.69, 9.17) is 10.5 Å². The number of nitrogen functional groups attached to an aromatic ring is 1. The lowest BCUT2D eigenvalue weighted by Gasteiger charge is -2.29. The molecule has 1 saturated heterocycles. The Morgan fingerprint density at radius 1 is 1.73 bits per heavy atom. The van der Waals surface area contributed by atoms with Crippen LogP contribution in [0.2, 0.25) is 0 Å². The van der Waals surface area contributed by atoms with Crippen LogP contribution in [0.3, 0.4) is 0 Å². The molecular weight excluding hydrogens is 192 g/mol. The highest BCUT2D eigenvalue weighted by Gasteiger charge is 2.37. The van der Waals surface area contributed by atoms with E-state index >= 15 is 0 Å². The maximum absolute atomic E-state index is 5.84. The van der Waals surface area contributed by atoms with Crippen LogP contribution in [0.25, 0.3) is 0 Å². The fourth-order valence-electron chi connectivity index (χ4n) is 1.87. The van der Waals surface area contributed by atoms with Gasteiger partial charge in [-0.15, -0.1) is 0 Å². The number of aryl methyl sites for hydroxylation is 1. The minimum atomic E-state index is -0.0670. The van der Waals surface area contributed by atoms with E-state index in [2.05, 4.69) is 24.3 Å². The van der Waals surface area contributed by atoms with Crippen molar-refractivity contribution in [2.45, 2.75) is 31.9 Å². The molecule has 0 amide bonds. The van der Waals surface area contributed by atoms with Gasteiger partial charge in [-0.3, -0.25) is 4.68 Å². The van der Waals surface area contributed by atoms with Gasteiger partial charge in [0.25, 0.3) is 0 Å². The minimum Gasteiger partial charge on any atom is -0.394 e. The van der Waals surface area contributed by atoms with Gasteiger partial charge >= 0.3 is 0 Å². The van der Waals surface area contributed by atoms with Crippen molar-refractivity contribution >= 4 is 11.5 Å². The van der Waals surface area contributed by atoms with Crippen LogP contribution in [0.15, 0.2) is 6.20 Å². The van der Waals surface area contributed by atoms with E-state index in [1.165, 1.54) is 0 Å². The first-order valence-corrected chi connectivity index (χ1v) is 5.20. The summed E-state index contributed by atoms with van der Waals surface area (Å²) in [5, 5.41) is 7.65. The van der Waals surface area contributed by atoms with Crippen LogP contribution < -0.4 is 11.1 Å². The van der Waals surface area contributed by atoms with E-state index in [1.54, 1.807) is 10.9 Å². The molecule has 2 atom stereocenters. The van der Waals surface area contributed by atoms with Crippen LogP contribution in [0.4, 0.5) is 11.5 Å². The molecule has 0 aliphatic carbocycles. The molecule has 1 aliphatic heterocycles. The van der Waals surface area contributed by atoms with Crippen LogP contribution in [0.5, 0.6) is 0 Å². The van der Waals surface area contributed by atoms with Gasteiger partial charge in [0, 0.05) is 19.9 Å². The molecule has 5 nitrogen and oxygen atoms in total. The van der Waals surface area contributed by atoms with E-state index in [0.717, 1.165) is 18.8 Å². The summed E-state index contributed by atoms with van der Waals surface area (Å²) >= 11 is 0. The minimum absolute atomic E-state index is 0.0670. The first-order chi connectivity index (χ1) is 7.01. The van der Waals surface area contributed by atoms with E-state index < -0.39 is 0 Å². The van der Waals surface area contributed by atoms with E-state index in [1.807, 2.05) is 7.05 Å². The number of anilines is 2. The van der Waals surface area contributed by atoms with Crippen molar-refractivity contribution < 1.29 is 4.74 Å². The summed E-state index contributed by atoms with van der Waals surface area (Å²) in [5.74, 6) is 0.748. The molecule has 15 heavy (non-hydrogen) atoms. The number of nitrogens with two attached hydrogens (primary N) is 1. The van der Waals surface area contributed by atoms with Gasteiger partial charge < -0.3 is 15.8 Å². The molecule has 3 N–H and O–H groups in total. The Morgan fingerprint density at radius 2 is 2.47 bits per heavy atom. The lowest BCUT2D eigenvalue weighted by atomic mass is 9.95. The molecule has 0 radical (unpaired) electrons. The van der Waals surface area contributed by atoms with Gasteiger partial charge in [-0.1, -0.05) is 0 Å². The number of aromatic nitrogens is 2. The lowest BCUT2D eigenvalue weighted by molar-refractivity contribution is 0.105. The van der Waals surface area contributed by atoms with Crippen molar-refractivity contribution in [3.63, 3.8) is 0 Å². The number of ether oxygens (including phenoxy) is 1. The van der Waals surface area contributed by atoms with Crippen LogP contribution in [-0.4, -0.2) is 28.0 Å². The van der Waals surface area contributed by atoms with Gasteiger partial charge in [-0.05, 0) is 20.3 Å². The number of hydrogen-bond donors (Lipinski definition) is 2. The van der Waals surface area contributed by atoms with E-state index in [0.29, 0.717) is 5.69 Å². The van der Waals surface area contributed by atoms with Crippen molar-refractivity contribution in [1.82, 2.24) is 9.78 Å². The Kier molecular flexibility index (Phi) is 2.34. The topological polar surface area (TPSA) is 65.1 Å². The highest BCUT2D eigenvalue weighted by molar-refractivity contribution is 5.61. The fourth-order valence-corrected chi connectivity index (χ4v) is 1.87. The van der Waals surface area contributed by atoms with Crippen molar-refractivity contribution in [1.29, 1.82) is 0 Å². The third-order valence-corrected chi connectivity index (χ3v) is 3.15. The third-order valence-electron chi connectivity index (χ3n) is 3.15. The summed E-state index contributed by atoms with van der Waals surface area (Å²) < 4.78 is 7.26. The summed E-state index contributed by atoms with van der Waals surface area (Å²) in [7, 11) is 1.86. The molecule has 2 heterocycles. The molecule has 1 aromatic heterocycles. The summed E-state index contributed by atoms with van der Waals surface area (Å²) in [6.07, 6.45) is 2.95. The van der Waals surface area contributed by atoms with Crippen LogP contribution in [0.1, 0.15) is 20.3 Å². The first kappa shape index (κ1) is 10.3. The number of nitrogens with zero attached hydrogens (tertiary/aromatic N) is 2. The Bertz CT molecular complexity index is 362. The Morgan fingerprint density at radius 3 is 2.93 bits per heavy atom. The normalized spacial score (nSPS) is 30.7. The summed E-state index contributed by atoms with van der Waals surface area (Å²) in [6.45, 7) is 5.00. The maximum atomic E-state index is 5.84. The van der Waals surface area contributed by atoms with Gasteiger partial charge in [-0.2, -0.15) is 5.10 Å². The molecule has 0 aromatic carbocycles. The molecule has 1 aromatic rings. The molecule has 1 fully saturated rings. The summed E-state index contributed by atoms with van der Waals surface area (Å²) in [4.78, 5) is 0. The van der Waals surface area contributed by atoms with Crippen molar-refractivity contribution in [3.05, 3.63) is 6.20 Å². The smallest absolute Gasteiger partial charge is 0.171 e. The summed E-state index contributed by atoms with van der Waals surface area (Å²) in [5.41, 5.74) is 6.45. The molecule has 5 heteroatoms. The third kappa shape index (κ3) is 1.79. The Hall–Kier alpha value is -1.23. The second kappa shape index (κ2) is 3.41. The molecule has 2 rings (SSSR count). The zero-order chi connectivity index (χ0) is 11.1. The molecule has 1 aliphatic rings. The van der Waals surface area contributed by atoms with Crippen LogP contribution in [0, 0.1) is 0 Å². The van der Waals surface area contributed by atoms with Gasteiger partial charge in [-0.25, -0.2) is 0 Å². The summed E-state index contributed by atoms with van der Waals surface area (Å²) in [6, 6.07) is 0. The van der Waals surface area contributed by atoms with E-state index in [9.17, 15) is 0 Å². The SMILES string of the molecule is CC1OCCC1(C)Nc1nn(C)cc1N. The molecule has 0 spiro atoms. The fraction of sp³-hybridized carbons (Fsp3) is 0.700. The first-order valence-electron chi connectivity index (χ1n) is 5.20. The Labute approximate surface area is 89.6 Å². The van der Waals surface area contributed by atoms with Gasteiger partial charge in [0.15, 0.2) is 5.82 Å². The predicted octanol–water partition coefficient (Wildman–Crippen LogP) is 0.982. The van der Waals surface area contributed by atoms with Crippen molar-refractivity contribution in [3.8, 4) is 0 Å². The van der Waals surface area contributed by atoms with Crippen molar-refractivity contribution in [2.75, 3.05) is 17.7 Å². The van der Waals surface area contributed by atoms with Gasteiger partial charge in [0.1, 0.15) is 0 Å². The second-order valence-corrected chi connectivity index (χ2v) is 4.41. The maximum Gasteiger partial charge on any atom is 0.171 e. The van der Waals surface area contributed by atoms with Crippen molar-refractivity contribution in [2.24, 2.45) is 7.05 Å². The molecular formula is C10H18N4O. The van der Waals surface area contributed by atoms with Crippen LogP contribution in [-0.2, 0) is 11.8 Å². The number of hydrogen-bond acceptors (Lipinski definition) is 4. The van der Waals surface area contributed by atoms with E-state index in [-0.39, 0.29) is 11.6 Å². The predicted molar refractivity (Wildman–Crippen MR) is 59.7 cm³/mol. The molecule has 0 saturated carbocycles. The number of rotatable bonds is 2. The second-order valence-electron chi connectivity index (χ2n) is 4.41. The monoisotopic (exact) mass is 210 g/mol. The zero-order valence-electron chi connectivity index (χ0n) is 9.45. The highest BCUT2D eigenvalue weighted by Crippen LogP contribution is 2.30. The van der Waals surface area contributed by atoms with Gasteiger partial charge in [0.05, 0.1) is 17.3 Å².